The summed E-state index contributed by atoms with van der Waals surface area (Å²) in [4.78, 5) is 0. The second kappa shape index (κ2) is 5.87. The summed E-state index contributed by atoms with van der Waals surface area (Å²) in [6.45, 7) is 0. The fraction of sp³-hybridized carbons (Fsp3) is 0.143. The summed E-state index contributed by atoms with van der Waals surface area (Å²) in [5.74, 6) is -1.44. The van der Waals surface area contributed by atoms with Crippen molar-refractivity contribution in [3.8, 4) is 0 Å². The Bertz CT molecular complexity index is 582. The first-order valence-corrected chi connectivity index (χ1v) is 6.29. The van der Waals surface area contributed by atoms with Crippen molar-refractivity contribution in [2.45, 2.75) is 12.5 Å². The van der Waals surface area contributed by atoms with E-state index in [9.17, 15) is 13.9 Å². The van der Waals surface area contributed by atoms with E-state index >= 15 is 0 Å². The van der Waals surface area contributed by atoms with Gasteiger partial charge in [0, 0.05) is 12.5 Å². The molecule has 0 saturated carbocycles. The molecule has 0 spiro atoms. The molecule has 100 valence electrons. The summed E-state index contributed by atoms with van der Waals surface area (Å²) < 4.78 is 26.1. The summed E-state index contributed by atoms with van der Waals surface area (Å²) in [5, 5.41) is 10.8. The summed E-state index contributed by atoms with van der Waals surface area (Å²) in [6, 6.07) is 7.89. The second-order valence-corrected chi connectivity index (χ2v) is 4.99. The van der Waals surface area contributed by atoms with E-state index in [4.69, 9.17) is 23.2 Å². The first kappa shape index (κ1) is 14.3. The summed E-state index contributed by atoms with van der Waals surface area (Å²) in [6.07, 6.45) is -0.817. The van der Waals surface area contributed by atoms with Crippen LogP contribution in [0.4, 0.5) is 8.78 Å². The Hall–Kier alpha value is -1.16. The van der Waals surface area contributed by atoms with Crippen molar-refractivity contribution in [2.75, 3.05) is 0 Å². The van der Waals surface area contributed by atoms with Crippen molar-refractivity contribution in [3.63, 3.8) is 0 Å². The summed E-state index contributed by atoms with van der Waals surface area (Å²) in [7, 11) is 0. The SMILES string of the molecule is OC(Cc1ccc(Cl)c(Cl)c1)c1cc(F)cc(F)c1. The highest BCUT2D eigenvalue weighted by Gasteiger charge is 2.12. The first-order valence-electron chi connectivity index (χ1n) is 5.53. The van der Waals surface area contributed by atoms with Gasteiger partial charge in [0.1, 0.15) is 11.6 Å². The Kier molecular flexibility index (Phi) is 4.40. The number of aliphatic hydroxyl groups excluding tert-OH is 1. The van der Waals surface area contributed by atoms with Gasteiger partial charge in [0.15, 0.2) is 0 Å². The van der Waals surface area contributed by atoms with Gasteiger partial charge in [-0.3, -0.25) is 0 Å². The average Bonchev–Trinajstić information content (AvgIpc) is 2.32. The Morgan fingerprint density at radius 1 is 0.947 bits per heavy atom. The summed E-state index contributed by atoms with van der Waals surface area (Å²) >= 11 is 11.6. The van der Waals surface area contributed by atoms with Gasteiger partial charge in [0.25, 0.3) is 0 Å². The highest BCUT2D eigenvalue weighted by Crippen LogP contribution is 2.26. The van der Waals surface area contributed by atoms with Gasteiger partial charge in [-0.25, -0.2) is 8.78 Å². The number of hydrogen-bond acceptors (Lipinski definition) is 1. The maximum atomic E-state index is 13.1. The van der Waals surface area contributed by atoms with Gasteiger partial charge in [-0.05, 0) is 35.4 Å². The molecule has 19 heavy (non-hydrogen) atoms. The molecule has 5 heteroatoms. The minimum Gasteiger partial charge on any atom is -0.388 e. The largest absolute Gasteiger partial charge is 0.388 e. The van der Waals surface area contributed by atoms with E-state index in [1.807, 2.05) is 0 Å². The van der Waals surface area contributed by atoms with Gasteiger partial charge < -0.3 is 5.11 Å². The molecule has 1 nitrogen and oxygen atoms in total. The number of rotatable bonds is 3. The van der Waals surface area contributed by atoms with Crippen LogP contribution in [0.5, 0.6) is 0 Å². The van der Waals surface area contributed by atoms with Gasteiger partial charge in [0.05, 0.1) is 16.1 Å². The maximum Gasteiger partial charge on any atom is 0.126 e. The lowest BCUT2D eigenvalue weighted by Crippen LogP contribution is -2.03. The molecule has 0 saturated heterocycles. The Morgan fingerprint density at radius 2 is 1.58 bits per heavy atom. The predicted octanol–water partition coefficient (Wildman–Crippen LogP) is 4.55. The maximum absolute atomic E-state index is 13.1. The fourth-order valence-electron chi connectivity index (χ4n) is 1.78. The molecule has 0 fully saturated rings. The molecule has 1 atom stereocenters. The monoisotopic (exact) mass is 302 g/mol. The van der Waals surface area contributed by atoms with E-state index in [1.54, 1.807) is 18.2 Å². The van der Waals surface area contributed by atoms with Crippen LogP contribution in [0.2, 0.25) is 10.0 Å². The lowest BCUT2D eigenvalue weighted by atomic mass is 10.0. The van der Waals surface area contributed by atoms with Gasteiger partial charge in [-0.15, -0.1) is 0 Å². The third kappa shape index (κ3) is 3.66. The zero-order valence-corrected chi connectivity index (χ0v) is 11.2. The molecule has 1 unspecified atom stereocenters. The van der Waals surface area contributed by atoms with E-state index in [0.717, 1.165) is 23.8 Å². The molecule has 0 heterocycles. The van der Waals surface area contributed by atoms with E-state index in [2.05, 4.69) is 0 Å². The molecule has 0 aliphatic heterocycles. The molecule has 1 N–H and O–H groups in total. The van der Waals surface area contributed by atoms with Crippen LogP contribution in [0.3, 0.4) is 0 Å². The first-order chi connectivity index (χ1) is 8.95. The van der Waals surface area contributed by atoms with Crippen LogP contribution in [0.25, 0.3) is 0 Å². The van der Waals surface area contributed by atoms with Crippen LogP contribution < -0.4 is 0 Å². The van der Waals surface area contributed by atoms with Gasteiger partial charge in [-0.1, -0.05) is 29.3 Å². The molecule has 0 aliphatic carbocycles. The van der Waals surface area contributed by atoms with Gasteiger partial charge in [0.2, 0.25) is 0 Å². The fourth-order valence-corrected chi connectivity index (χ4v) is 2.10. The number of hydrogen-bond donors (Lipinski definition) is 1. The van der Waals surface area contributed by atoms with E-state index < -0.39 is 17.7 Å². The zero-order chi connectivity index (χ0) is 14.0. The molecule has 0 radical (unpaired) electrons. The van der Waals surface area contributed by atoms with E-state index in [-0.39, 0.29) is 12.0 Å². The van der Waals surface area contributed by atoms with Crippen LogP contribution in [-0.4, -0.2) is 5.11 Å². The third-order valence-electron chi connectivity index (χ3n) is 2.68. The highest BCUT2D eigenvalue weighted by molar-refractivity contribution is 6.42. The normalized spacial score (nSPS) is 12.5. The van der Waals surface area contributed by atoms with Crippen molar-refractivity contribution >= 4 is 23.2 Å². The van der Waals surface area contributed by atoms with Crippen LogP contribution >= 0.6 is 23.2 Å². The lowest BCUT2D eigenvalue weighted by molar-refractivity contribution is 0.177. The minimum atomic E-state index is -1.01. The van der Waals surface area contributed by atoms with E-state index in [1.165, 1.54) is 0 Å². The molecule has 0 amide bonds. The quantitative estimate of drug-likeness (QED) is 0.882. The Labute approximate surface area is 119 Å². The van der Waals surface area contributed by atoms with E-state index in [0.29, 0.717) is 10.0 Å². The molecule has 2 aromatic rings. The third-order valence-corrected chi connectivity index (χ3v) is 3.42. The topological polar surface area (TPSA) is 20.2 Å². The van der Waals surface area contributed by atoms with Crippen LogP contribution in [0.1, 0.15) is 17.2 Å². The highest BCUT2D eigenvalue weighted by atomic mass is 35.5. The standard InChI is InChI=1S/C14H10Cl2F2O/c15-12-2-1-8(3-13(12)16)4-14(19)9-5-10(17)7-11(18)6-9/h1-3,5-7,14,19H,4H2. The molecular weight excluding hydrogens is 293 g/mol. The summed E-state index contributed by atoms with van der Waals surface area (Å²) in [5.41, 5.74) is 0.912. The predicted molar refractivity (Wildman–Crippen MR) is 71.5 cm³/mol. The van der Waals surface area contributed by atoms with Crippen molar-refractivity contribution in [2.24, 2.45) is 0 Å². The Morgan fingerprint density at radius 3 is 2.16 bits per heavy atom. The molecule has 2 rings (SSSR count). The van der Waals surface area contributed by atoms with Gasteiger partial charge in [-0.2, -0.15) is 0 Å². The smallest absolute Gasteiger partial charge is 0.126 e. The van der Waals surface area contributed by atoms with Crippen molar-refractivity contribution in [3.05, 3.63) is 69.2 Å². The van der Waals surface area contributed by atoms with Crippen molar-refractivity contribution < 1.29 is 13.9 Å². The number of halogens is 4. The Balaban J connectivity index is 2.20. The van der Waals surface area contributed by atoms with Crippen LogP contribution in [0, 0.1) is 11.6 Å². The molecule has 0 bridgehead atoms. The molecule has 0 aromatic heterocycles. The van der Waals surface area contributed by atoms with Gasteiger partial charge >= 0.3 is 0 Å². The minimum absolute atomic E-state index is 0.184. The van der Waals surface area contributed by atoms with Crippen molar-refractivity contribution in [1.82, 2.24) is 0 Å². The van der Waals surface area contributed by atoms with Crippen LogP contribution in [0.15, 0.2) is 36.4 Å². The number of benzene rings is 2. The molecule has 2 aromatic carbocycles. The molecule has 0 aliphatic rings. The average molecular weight is 303 g/mol. The molecular formula is C14H10Cl2F2O. The lowest BCUT2D eigenvalue weighted by Gasteiger charge is -2.12. The second-order valence-electron chi connectivity index (χ2n) is 4.17. The number of aliphatic hydroxyl groups is 1. The zero-order valence-electron chi connectivity index (χ0n) is 9.71. The van der Waals surface area contributed by atoms with Crippen molar-refractivity contribution in [1.29, 1.82) is 0 Å². The van der Waals surface area contributed by atoms with Crippen LogP contribution in [-0.2, 0) is 6.42 Å².